The van der Waals surface area contributed by atoms with Crippen molar-refractivity contribution >= 4 is 45.5 Å². The number of halogens is 1. The number of amides is 4. The molecule has 0 unspecified atom stereocenters. The van der Waals surface area contributed by atoms with Gasteiger partial charge < -0.3 is 9.47 Å². The fourth-order valence-corrected chi connectivity index (χ4v) is 3.53. The van der Waals surface area contributed by atoms with E-state index in [1.54, 1.807) is 42.5 Å². The lowest BCUT2D eigenvalue weighted by Gasteiger charge is -2.26. The van der Waals surface area contributed by atoms with Gasteiger partial charge in [-0.25, -0.2) is 9.69 Å². The zero-order chi connectivity index (χ0) is 24.0. The molecule has 0 saturated carbocycles. The minimum absolute atomic E-state index is 0.0514. The lowest BCUT2D eigenvalue weighted by atomic mass is 10.0. The molecule has 2 aromatic rings. The van der Waals surface area contributed by atoms with Gasteiger partial charge in [0.2, 0.25) is 0 Å². The maximum absolute atomic E-state index is 13.1. The third kappa shape index (κ3) is 5.33. The predicted octanol–water partition coefficient (Wildman–Crippen LogP) is 4.25. The molecule has 3 rings (SSSR count). The van der Waals surface area contributed by atoms with Crippen LogP contribution in [0.4, 0.5) is 10.5 Å². The van der Waals surface area contributed by atoms with Gasteiger partial charge in [-0.05, 0) is 61.4 Å². The van der Waals surface area contributed by atoms with Crippen molar-refractivity contribution in [2.75, 3.05) is 18.1 Å². The van der Waals surface area contributed by atoms with Crippen LogP contribution in [0.25, 0.3) is 6.08 Å². The summed E-state index contributed by atoms with van der Waals surface area (Å²) in [6, 6.07) is 9.18. The van der Waals surface area contributed by atoms with Crippen molar-refractivity contribution in [3.8, 4) is 23.8 Å². The van der Waals surface area contributed by atoms with Crippen LogP contribution < -0.4 is 19.7 Å². The van der Waals surface area contributed by atoms with Crippen LogP contribution in [-0.2, 0) is 16.0 Å². The minimum Gasteiger partial charge on any atom is -0.490 e. The molecule has 2 aromatic carbocycles. The number of terminal acetylenes is 1. The van der Waals surface area contributed by atoms with Crippen molar-refractivity contribution in [3.63, 3.8) is 0 Å². The maximum Gasteiger partial charge on any atom is 0.335 e. The minimum atomic E-state index is -0.815. The van der Waals surface area contributed by atoms with Gasteiger partial charge in [-0.15, -0.1) is 13.0 Å². The number of imide groups is 2. The molecule has 1 N–H and O–H groups in total. The lowest BCUT2D eigenvalue weighted by molar-refractivity contribution is -0.122. The Morgan fingerprint density at radius 3 is 2.55 bits per heavy atom. The van der Waals surface area contributed by atoms with Crippen LogP contribution in [0.15, 0.2) is 59.1 Å². The number of ether oxygens (including phenoxy) is 2. The number of carbonyl (C=O) groups excluding carboxylic acids is 3. The van der Waals surface area contributed by atoms with E-state index in [1.807, 2.05) is 6.92 Å². The van der Waals surface area contributed by atoms with Gasteiger partial charge in [-0.1, -0.05) is 27.9 Å². The molecule has 0 radical (unpaired) electrons. The summed E-state index contributed by atoms with van der Waals surface area (Å²) in [5.41, 5.74) is 1.39. The third-order valence-corrected chi connectivity index (χ3v) is 5.14. The summed E-state index contributed by atoms with van der Waals surface area (Å²) < 4.78 is 12.2. The van der Waals surface area contributed by atoms with Crippen molar-refractivity contribution in [1.82, 2.24) is 5.32 Å². The van der Waals surface area contributed by atoms with E-state index in [0.717, 1.165) is 14.9 Å². The normalized spacial score (nSPS) is 14.6. The third-order valence-electron chi connectivity index (χ3n) is 4.62. The second-order valence-electron chi connectivity index (χ2n) is 6.86. The smallest absolute Gasteiger partial charge is 0.335 e. The highest BCUT2D eigenvalue weighted by Crippen LogP contribution is 2.35. The fourth-order valence-electron chi connectivity index (χ4n) is 3.26. The Bertz CT molecular complexity index is 1180. The van der Waals surface area contributed by atoms with Crippen LogP contribution >= 0.6 is 15.9 Å². The summed E-state index contributed by atoms with van der Waals surface area (Å²) in [5, 5.41) is 2.22. The van der Waals surface area contributed by atoms with E-state index in [1.165, 1.54) is 6.08 Å². The molecule has 0 atom stereocenters. The quantitative estimate of drug-likeness (QED) is 0.249. The van der Waals surface area contributed by atoms with Gasteiger partial charge in [0.15, 0.2) is 11.5 Å². The molecule has 1 aliphatic rings. The number of hydrogen-bond donors (Lipinski definition) is 1. The molecule has 33 heavy (non-hydrogen) atoms. The molecule has 1 fully saturated rings. The van der Waals surface area contributed by atoms with Crippen LogP contribution in [-0.4, -0.2) is 31.1 Å². The maximum atomic E-state index is 13.1. The Labute approximate surface area is 200 Å². The molecule has 7 nitrogen and oxygen atoms in total. The number of nitrogens with zero attached hydrogens (tertiary/aromatic N) is 1. The predicted molar refractivity (Wildman–Crippen MR) is 129 cm³/mol. The van der Waals surface area contributed by atoms with Gasteiger partial charge in [-0.2, -0.15) is 0 Å². The SMILES string of the molecule is C#CCOc1c(CC=C)cc(/C=C2\C(=O)NC(=O)N(c3ccc(Br)cc3)C2=O)cc1OCC. The van der Waals surface area contributed by atoms with Gasteiger partial charge in [0.1, 0.15) is 12.2 Å². The zero-order valence-electron chi connectivity index (χ0n) is 17.9. The first kappa shape index (κ1) is 23.8. The topological polar surface area (TPSA) is 84.9 Å². The van der Waals surface area contributed by atoms with Gasteiger partial charge in [0.05, 0.1) is 12.3 Å². The van der Waals surface area contributed by atoms with Crippen LogP contribution in [0, 0.1) is 12.3 Å². The number of nitrogens with one attached hydrogen (secondary N) is 1. The van der Waals surface area contributed by atoms with E-state index in [-0.39, 0.29) is 12.2 Å². The van der Waals surface area contributed by atoms with E-state index in [9.17, 15) is 14.4 Å². The first-order chi connectivity index (χ1) is 15.9. The standard InChI is InChI=1S/C25H21BrN2O5/c1-4-7-17-13-16(15-21(32-6-3)22(17)33-12-5-2)14-20-23(29)27-25(31)28(24(20)30)19-10-8-18(26)9-11-19/h2,4,8-11,13-15H,1,6-7,12H2,3H3,(H,27,29,31)/b20-14+. The number of hydrogen-bond acceptors (Lipinski definition) is 5. The molecule has 1 saturated heterocycles. The summed E-state index contributed by atoms with van der Waals surface area (Å²) in [6.45, 7) is 6.00. The van der Waals surface area contributed by atoms with Gasteiger partial charge in [-0.3, -0.25) is 14.9 Å². The molecule has 1 aliphatic heterocycles. The molecular formula is C25H21BrN2O5. The van der Waals surface area contributed by atoms with Crippen molar-refractivity contribution < 1.29 is 23.9 Å². The van der Waals surface area contributed by atoms with Crippen LogP contribution in [0.3, 0.4) is 0 Å². The first-order valence-corrected chi connectivity index (χ1v) is 10.8. The number of carbonyl (C=O) groups is 3. The summed E-state index contributed by atoms with van der Waals surface area (Å²) >= 11 is 3.32. The van der Waals surface area contributed by atoms with Gasteiger partial charge in [0.25, 0.3) is 11.8 Å². The second kappa shape index (κ2) is 10.7. The van der Waals surface area contributed by atoms with E-state index < -0.39 is 17.8 Å². The van der Waals surface area contributed by atoms with Crippen LogP contribution in [0.2, 0.25) is 0 Å². The highest BCUT2D eigenvalue weighted by Gasteiger charge is 2.36. The molecule has 0 spiro atoms. The van der Waals surface area contributed by atoms with Crippen molar-refractivity contribution in [2.24, 2.45) is 0 Å². The Hall–Kier alpha value is -3.83. The number of allylic oxidation sites excluding steroid dienone is 1. The molecule has 168 valence electrons. The average molecular weight is 509 g/mol. The number of barbiturate groups is 1. The molecule has 0 aromatic heterocycles. The Balaban J connectivity index is 2.07. The molecule has 4 amide bonds. The zero-order valence-corrected chi connectivity index (χ0v) is 19.5. The Morgan fingerprint density at radius 2 is 1.91 bits per heavy atom. The summed E-state index contributed by atoms with van der Waals surface area (Å²) in [6.07, 6.45) is 8.88. The lowest BCUT2D eigenvalue weighted by Crippen LogP contribution is -2.54. The van der Waals surface area contributed by atoms with Crippen LogP contribution in [0.5, 0.6) is 11.5 Å². The number of rotatable bonds is 8. The van der Waals surface area contributed by atoms with Gasteiger partial charge >= 0.3 is 6.03 Å². The largest absolute Gasteiger partial charge is 0.490 e. The number of anilines is 1. The molecule has 0 bridgehead atoms. The van der Waals surface area contributed by atoms with E-state index in [4.69, 9.17) is 15.9 Å². The average Bonchev–Trinajstić information content (AvgIpc) is 2.78. The van der Waals surface area contributed by atoms with E-state index in [2.05, 4.69) is 33.7 Å². The Morgan fingerprint density at radius 1 is 1.18 bits per heavy atom. The summed E-state index contributed by atoms with van der Waals surface area (Å²) in [4.78, 5) is 39.0. The monoisotopic (exact) mass is 508 g/mol. The molecule has 1 heterocycles. The molecule has 8 heteroatoms. The van der Waals surface area contributed by atoms with Crippen molar-refractivity contribution in [3.05, 3.63) is 70.2 Å². The summed E-state index contributed by atoms with van der Waals surface area (Å²) in [5.74, 6) is 1.80. The molecular weight excluding hydrogens is 488 g/mol. The van der Waals surface area contributed by atoms with E-state index in [0.29, 0.717) is 35.8 Å². The van der Waals surface area contributed by atoms with Crippen molar-refractivity contribution in [2.45, 2.75) is 13.3 Å². The summed E-state index contributed by atoms with van der Waals surface area (Å²) in [7, 11) is 0. The second-order valence-corrected chi connectivity index (χ2v) is 7.78. The number of urea groups is 1. The Kier molecular flexibility index (Phi) is 7.70. The van der Waals surface area contributed by atoms with E-state index >= 15 is 0 Å². The first-order valence-electron chi connectivity index (χ1n) is 10.0. The van der Waals surface area contributed by atoms with Crippen LogP contribution in [0.1, 0.15) is 18.1 Å². The number of benzene rings is 2. The molecule has 0 aliphatic carbocycles. The highest BCUT2D eigenvalue weighted by atomic mass is 79.9. The fraction of sp³-hybridized carbons (Fsp3) is 0.160. The van der Waals surface area contributed by atoms with Crippen molar-refractivity contribution in [1.29, 1.82) is 0 Å². The van der Waals surface area contributed by atoms with Gasteiger partial charge in [0, 0.05) is 10.0 Å². The highest BCUT2D eigenvalue weighted by molar-refractivity contribution is 9.10.